The standard InChI is InChI=1S/C17H22N2O5/c1-11-14(24-13-5-3-2-4-12(13)23-11)15(20)19-10-17(16(18)21)6-8-22-9-7-17/h2-5,11,14H,6-10H2,1H3,(H2,18,21)(H,19,20). The molecule has 2 aliphatic heterocycles. The van der Waals surface area contributed by atoms with Crippen molar-refractivity contribution in [2.45, 2.75) is 32.0 Å². The number of carbonyl (C=O) groups is 2. The van der Waals surface area contributed by atoms with Crippen molar-refractivity contribution in [2.24, 2.45) is 11.1 Å². The van der Waals surface area contributed by atoms with Crippen molar-refractivity contribution in [1.82, 2.24) is 5.32 Å². The van der Waals surface area contributed by atoms with E-state index in [9.17, 15) is 9.59 Å². The van der Waals surface area contributed by atoms with Gasteiger partial charge in [0, 0.05) is 19.8 Å². The Bertz CT molecular complexity index is 627. The second kappa shape index (κ2) is 6.68. The van der Waals surface area contributed by atoms with E-state index in [1.54, 1.807) is 19.1 Å². The lowest BCUT2D eigenvalue weighted by Gasteiger charge is -2.35. The summed E-state index contributed by atoms with van der Waals surface area (Å²) in [4.78, 5) is 24.4. The van der Waals surface area contributed by atoms with E-state index in [1.807, 2.05) is 12.1 Å². The molecular weight excluding hydrogens is 312 g/mol. The molecule has 1 aromatic rings. The van der Waals surface area contributed by atoms with Gasteiger partial charge in [0.25, 0.3) is 5.91 Å². The van der Waals surface area contributed by atoms with Crippen molar-refractivity contribution < 1.29 is 23.8 Å². The molecule has 0 aliphatic carbocycles. The largest absolute Gasteiger partial charge is 0.482 e. The maximum absolute atomic E-state index is 12.5. The third-order valence-corrected chi connectivity index (χ3v) is 4.67. The highest BCUT2D eigenvalue weighted by molar-refractivity contribution is 5.85. The van der Waals surface area contributed by atoms with Gasteiger partial charge in [0.05, 0.1) is 5.41 Å². The third-order valence-electron chi connectivity index (χ3n) is 4.67. The predicted molar refractivity (Wildman–Crippen MR) is 85.6 cm³/mol. The number of ether oxygens (including phenoxy) is 3. The summed E-state index contributed by atoms with van der Waals surface area (Å²) in [6.07, 6.45) is -0.199. The van der Waals surface area contributed by atoms with Crippen LogP contribution in [0.5, 0.6) is 11.5 Å². The van der Waals surface area contributed by atoms with Crippen molar-refractivity contribution in [3.05, 3.63) is 24.3 Å². The van der Waals surface area contributed by atoms with Crippen LogP contribution in [0, 0.1) is 5.41 Å². The highest BCUT2D eigenvalue weighted by Crippen LogP contribution is 2.34. The number of rotatable bonds is 4. The quantitative estimate of drug-likeness (QED) is 0.840. The van der Waals surface area contributed by atoms with Crippen LogP contribution in [0.3, 0.4) is 0 Å². The Morgan fingerprint density at radius 3 is 2.46 bits per heavy atom. The molecule has 0 aromatic heterocycles. The Morgan fingerprint density at radius 2 is 1.83 bits per heavy atom. The van der Waals surface area contributed by atoms with Crippen LogP contribution in [0.2, 0.25) is 0 Å². The molecule has 130 valence electrons. The summed E-state index contributed by atoms with van der Waals surface area (Å²) in [5, 5.41) is 2.81. The van der Waals surface area contributed by atoms with E-state index in [4.69, 9.17) is 19.9 Å². The molecule has 0 bridgehead atoms. The maximum atomic E-state index is 12.5. The summed E-state index contributed by atoms with van der Waals surface area (Å²) in [7, 11) is 0. The van der Waals surface area contributed by atoms with Crippen molar-refractivity contribution in [3.8, 4) is 11.5 Å². The number of hydrogen-bond acceptors (Lipinski definition) is 5. The zero-order valence-corrected chi connectivity index (χ0v) is 13.6. The van der Waals surface area contributed by atoms with E-state index in [2.05, 4.69) is 5.32 Å². The highest BCUT2D eigenvalue weighted by atomic mass is 16.6. The molecule has 3 rings (SSSR count). The number of para-hydroxylation sites is 2. The summed E-state index contributed by atoms with van der Waals surface area (Å²) < 4.78 is 16.8. The molecule has 0 spiro atoms. The lowest BCUT2D eigenvalue weighted by Crippen LogP contribution is -2.54. The number of carbonyl (C=O) groups excluding carboxylic acids is 2. The van der Waals surface area contributed by atoms with Crippen molar-refractivity contribution in [3.63, 3.8) is 0 Å². The van der Waals surface area contributed by atoms with Gasteiger partial charge in [-0.05, 0) is 31.9 Å². The van der Waals surface area contributed by atoms with Crippen molar-refractivity contribution >= 4 is 11.8 Å². The molecule has 2 unspecified atom stereocenters. The van der Waals surface area contributed by atoms with Gasteiger partial charge in [-0.2, -0.15) is 0 Å². The molecule has 1 fully saturated rings. The van der Waals surface area contributed by atoms with E-state index in [0.29, 0.717) is 37.6 Å². The van der Waals surface area contributed by atoms with Gasteiger partial charge >= 0.3 is 0 Å². The lowest BCUT2D eigenvalue weighted by molar-refractivity contribution is -0.137. The normalized spacial score (nSPS) is 24.9. The van der Waals surface area contributed by atoms with E-state index in [0.717, 1.165) is 0 Å². The van der Waals surface area contributed by atoms with Crippen LogP contribution in [0.4, 0.5) is 0 Å². The van der Waals surface area contributed by atoms with Crippen LogP contribution in [0.25, 0.3) is 0 Å². The number of hydrogen-bond donors (Lipinski definition) is 2. The van der Waals surface area contributed by atoms with Crippen LogP contribution < -0.4 is 20.5 Å². The predicted octanol–water partition coefficient (Wildman–Crippen LogP) is 0.613. The van der Waals surface area contributed by atoms with Gasteiger partial charge in [0.15, 0.2) is 11.5 Å². The van der Waals surface area contributed by atoms with E-state index in [1.165, 1.54) is 0 Å². The SMILES string of the molecule is CC1Oc2ccccc2OC1C(=O)NCC1(C(N)=O)CCOCC1. The molecule has 7 heteroatoms. The fourth-order valence-electron chi connectivity index (χ4n) is 3.04. The number of amides is 2. The summed E-state index contributed by atoms with van der Waals surface area (Å²) in [5.74, 6) is 0.424. The second-order valence-corrected chi connectivity index (χ2v) is 6.28. The molecule has 2 amide bonds. The first-order valence-electron chi connectivity index (χ1n) is 8.09. The number of nitrogens with one attached hydrogen (secondary N) is 1. The highest BCUT2D eigenvalue weighted by Gasteiger charge is 2.40. The first kappa shape index (κ1) is 16.6. The average molecular weight is 334 g/mol. The molecule has 1 saturated heterocycles. The Balaban J connectivity index is 1.65. The minimum Gasteiger partial charge on any atom is -0.482 e. The monoisotopic (exact) mass is 334 g/mol. The van der Waals surface area contributed by atoms with Crippen LogP contribution in [-0.4, -0.2) is 43.8 Å². The van der Waals surface area contributed by atoms with Crippen molar-refractivity contribution in [2.75, 3.05) is 19.8 Å². The lowest BCUT2D eigenvalue weighted by atomic mass is 9.79. The molecule has 0 radical (unpaired) electrons. The summed E-state index contributed by atoms with van der Waals surface area (Å²) in [5.41, 5.74) is 4.80. The number of nitrogens with two attached hydrogens (primary N) is 1. The zero-order chi connectivity index (χ0) is 17.2. The van der Waals surface area contributed by atoms with Crippen LogP contribution >= 0.6 is 0 Å². The van der Waals surface area contributed by atoms with Gasteiger partial charge in [0.2, 0.25) is 12.0 Å². The fraction of sp³-hybridized carbons (Fsp3) is 0.529. The molecule has 2 aliphatic rings. The smallest absolute Gasteiger partial charge is 0.265 e. The Hall–Kier alpha value is -2.28. The topological polar surface area (TPSA) is 99.9 Å². The summed E-state index contributed by atoms with van der Waals surface area (Å²) in [6.45, 7) is 2.88. The maximum Gasteiger partial charge on any atom is 0.265 e. The van der Waals surface area contributed by atoms with Gasteiger partial charge < -0.3 is 25.3 Å². The first-order valence-corrected chi connectivity index (χ1v) is 8.09. The van der Waals surface area contributed by atoms with Gasteiger partial charge in [-0.3, -0.25) is 9.59 Å². The number of fused-ring (bicyclic) bond motifs is 1. The summed E-state index contributed by atoms with van der Waals surface area (Å²) >= 11 is 0. The Morgan fingerprint density at radius 1 is 1.21 bits per heavy atom. The molecule has 2 atom stereocenters. The van der Waals surface area contributed by atoms with Crippen molar-refractivity contribution in [1.29, 1.82) is 0 Å². The molecule has 2 heterocycles. The molecule has 1 aromatic carbocycles. The van der Waals surface area contributed by atoms with E-state index < -0.39 is 23.5 Å². The number of benzene rings is 1. The van der Waals surface area contributed by atoms with E-state index >= 15 is 0 Å². The van der Waals surface area contributed by atoms with Gasteiger partial charge in [0.1, 0.15) is 6.10 Å². The number of primary amides is 1. The summed E-state index contributed by atoms with van der Waals surface area (Å²) in [6, 6.07) is 7.21. The third kappa shape index (κ3) is 3.17. The minimum atomic E-state index is -0.773. The zero-order valence-electron chi connectivity index (χ0n) is 13.6. The van der Waals surface area contributed by atoms with Crippen LogP contribution in [0.15, 0.2) is 24.3 Å². The van der Waals surface area contributed by atoms with Gasteiger partial charge in [-0.15, -0.1) is 0 Å². The van der Waals surface area contributed by atoms with Gasteiger partial charge in [-0.1, -0.05) is 12.1 Å². The molecule has 7 nitrogen and oxygen atoms in total. The molecule has 3 N–H and O–H groups in total. The van der Waals surface area contributed by atoms with Crippen LogP contribution in [-0.2, 0) is 14.3 Å². The fourth-order valence-corrected chi connectivity index (χ4v) is 3.04. The van der Waals surface area contributed by atoms with Gasteiger partial charge in [-0.25, -0.2) is 0 Å². The molecule has 24 heavy (non-hydrogen) atoms. The average Bonchev–Trinajstić information content (AvgIpc) is 2.59. The molecule has 0 saturated carbocycles. The van der Waals surface area contributed by atoms with E-state index in [-0.39, 0.29) is 12.5 Å². The second-order valence-electron chi connectivity index (χ2n) is 6.28. The minimum absolute atomic E-state index is 0.179. The van der Waals surface area contributed by atoms with Crippen LogP contribution in [0.1, 0.15) is 19.8 Å². The molecular formula is C17H22N2O5. The Kier molecular flexibility index (Phi) is 4.62. The first-order chi connectivity index (χ1) is 11.5. The Labute approximate surface area is 140 Å².